The highest BCUT2D eigenvalue weighted by molar-refractivity contribution is 6.00. The first-order chi connectivity index (χ1) is 11.7. The Bertz CT molecular complexity index is 730. The lowest BCUT2D eigenvalue weighted by atomic mass is 10.1. The number of likely N-dealkylation sites (tertiary alicyclic amines) is 1. The number of para-hydroxylation sites is 1. The quantitative estimate of drug-likeness (QED) is 0.917. The molecule has 1 atom stereocenters. The summed E-state index contributed by atoms with van der Waals surface area (Å²) in [5, 5.41) is 2.83. The van der Waals surface area contributed by atoms with Crippen LogP contribution in [0.15, 0.2) is 54.6 Å². The largest absolute Gasteiger partial charge is 0.496 e. The van der Waals surface area contributed by atoms with Crippen molar-refractivity contribution < 1.29 is 14.3 Å². The summed E-state index contributed by atoms with van der Waals surface area (Å²) in [6.45, 7) is 1.21. The summed E-state index contributed by atoms with van der Waals surface area (Å²) in [5.41, 5.74) is 1.52. The van der Waals surface area contributed by atoms with Crippen LogP contribution in [0.1, 0.15) is 22.3 Å². The maximum atomic E-state index is 12.5. The Kier molecular flexibility index (Phi) is 4.79. The van der Waals surface area contributed by atoms with Crippen LogP contribution in [-0.2, 0) is 11.3 Å². The molecule has 0 radical (unpaired) electrons. The first-order valence-electron chi connectivity index (χ1n) is 7.95. The summed E-state index contributed by atoms with van der Waals surface area (Å²) in [6.07, 6.45) is 0.618. The van der Waals surface area contributed by atoms with E-state index in [-0.39, 0.29) is 11.8 Å². The fourth-order valence-electron chi connectivity index (χ4n) is 2.90. The molecule has 1 saturated heterocycles. The monoisotopic (exact) mass is 324 g/mol. The first-order valence-corrected chi connectivity index (χ1v) is 7.95. The molecule has 5 heteroatoms. The van der Waals surface area contributed by atoms with Crippen LogP contribution in [0.3, 0.4) is 0 Å². The molecule has 1 heterocycles. The van der Waals surface area contributed by atoms with Crippen LogP contribution in [0.25, 0.3) is 0 Å². The SMILES string of the molecule is COc1ccccc1C(=O)NC1CCN(Cc2ccccc2)C1=O. The van der Waals surface area contributed by atoms with Crippen molar-refractivity contribution in [3.63, 3.8) is 0 Å². The number of nitrogens with one attached hydrogen (secondary N) is 1. The zero-order chi connectivity index (χ0) is 16.9. The Hall–Kier alpha value is -2.82. The van der Waals surface area contributed by atoms with E-state index in [1.54, 1.807) is 29.2 Å². The van der Waals surface area contributed by atoms with Crippen LogP contribution in [0.2, 0.25) is 0 Å². The highest BCUT2D eigenvalue weighted by atomic mass is 16.5. The molecular weight excluding hydrogens is 304 g/mol. The van der Waals surface area contributed by atoms with Crippen LogP contribution in [-0.4, -0.2) is 36.4 Å². The number of nitrogens with zero attached hydrogens (tertiary/aromatic N) is 1. The molecule has 2 aromatic rings. The molecule has 2 amide bonds. The average molecular weight is 324 g/mol. The fourth-order valence-corrected chi connectivity index (χ4v) is 2.90. The van der Waals surface area contributed by atoms with Crippen LogP contribution in [0, 0.1) is 0 Å². The highest BCUT2D eigenvalue weighted by Crippen LogP contribution is 2.19. The lowest BCUT2D eigenvalue weighted by Gasteiger charge is -2.17. The Balaban J connectivity index is 1.64. The summed E-state index contributed by atoms with van der Waals surface area (Å²) in [5.74, 6) is 0.177. The van der Waals surface area contributed by atoms with E-state index in [1.165, 1.54) is 7.11 Å². The molecule has 1 aliphatic rings. The Morgan fingerprint density at radius 3 is 2.62 bits per heavy atom. The molecular formula is C19H20N2O3. The third-order valence-electron chi connectivity index (χ3n) is 4.17. The van der Waals surface area contributed by atoms with Gasteiger partial charge in [0.2, 0.25) is 5.91 Å². The molecule has 1 N–H and O–H groups in total. The van der Waals surface area contributed by atoms with Gasteiger partial charge in [-0.25, -0.2) is 0 Å². The van der Waals surface area contributed by atoms with Crippen molar-refractivity contribution in [1.29, 1.82) is 0 Å². The Morgan fingerprint density at radius 1 is 1.17 bits per heavy atom. The van der Waals surface area contributed by atoms with Gasteiger partial charge in [0.1, 0.15) is 11.8 Å². The van der Waals surface area contributed by atoms with E-state index in [9.17, 15) is 9.59 Å². The molecule has 3 rings (SSSR count). The van der Waals surface area contributed by atoms with Gasteiger partial charge < -0.3 is 15.0 Å². The second-order valence-corrected chi connectivity index (χ2v) is 5.76. The van der Waals surface area contributed by atoms with Crippen LogP contribution in [0.4, 0.5) is 0 Å². The standard InChI is InChI=1S/C19H20N2O3/c1-24-17-10-6-5-9-15(17)18(22)20-16-11-12-21(19(16)23)13-14-7-3-2-4-8-14/h2-10,16H,11-13H2,1H3,(H,20,22). The molecule has 24 heavy (non-hydrogen) atoms. The molecule has 124 valence electrons. The second kappa shape index (κ2) is 7.17. The summed E-state index contributed by atoms with van der Waals surface area (Å²) < 4.78 is 5.20. The second-order valence-electron chi connectivity index (χ2n) is 5.76. The molecule has 1 aliphatic heterocycles. The van der Waals surface area contributed by atoms with E-state index in [0.29, 0.717) is 30.8 Å². The lowest BCUT2D eigenvalue weighted by molar-refractivity contribution is -0.129. The van der Waals surface area contributed by atoms with Crippen LogP contribution in [0.5, 0.6) is 5.75 Å². The number of ether oxygens (including phenoxy) is 1. The Labute approximate surface area is 141 Å². The third kappa shape index (κ3) is 3.40. The maximum absolute atomic E-state index is 12.5. The van der Waals surface area contributed by atoms with Crippen molar-refractivity contribution in [2.45, 2.75) is 19.0 Å². The minimum Gasteiger partial charge on any atom is -0.496 e. The van der Waals surface area contributed by atoms with Gasteiger partial charge in [-0.2, -0.15) is 0 Å². The molecule has 1 fully saturated rings. The fraction of sp³-hybridized carbons (Fsp3) is 0.263. The number of methoxy groups -OCH3 is 1. The summed E-state index contributed by atoms with van der Waals surface area (Å²) >= 11 is 0. The number of amides is 2. The van der Waals surface area contributed by atoms with Crippen molar-refractivity contribution in [2.75, 3.05) is 13.7 Å². The average Bonchev–Trinajstić information content (AvgIpc) is 2.96. The van der Waals surface area contributed by atoms with Gasteiger partial charge in [0, 0.05) is 13.1 Å². The van der Waals surface area contributed by atoms with Gasteiger partial charge in [-0.3, -0.25) is 9.59 Å². The molecule has 0 spiro atoms. The van der Waals surface area contributed by atoms with E-state index < -0.39 is 6.04 Å². The van der Waals surface area contributed by atoms with Crippen molar-refractivity contribution in [1.82, 2.24) is 10.2 Å². The predicted molar refractivity (Wildman–Crippen MR) is 90.7 cm³/mol. The lowest BCUT2D eigenvalue weighted by Crippen LogP contribution is -2.41. The van der Waals surface area contributed by atoms with Gasteiger partial charge in [0.05, 0.1) is 12.7 Å². The van der Waals surface area contributed by atoms with Crippen molar-refractivity contribution in [3.8, 4) is 5.75 Å². The zero-order valence-electron chi connectivity index (χ0n) is 13.6. The van der Waals surface area contributed by atoms with Gasteiger partial charge in [0.25, 0.3) is 5.91 Å². The van der Waals surface area contributed by atoms with E-state index in [2.05, 4.69) is 5.32 Å². The van der Waals surface area contributed by atoms with Crippen LogP contribution < -0.4 is 10.1 Å². The van der Waals surface area contributed by atoms with Crippen molar-refractivity contribution in [3.05, 3.63) is 65.7 Å². The van der Waals surface area contributed by atoms with Gasteiger partial charge in [0.15, 0.2) is 0 Å². The molecule has 5 nitrogen and oxygen atoms in total. The molecule has 0 aromatic heterocycles. The Morgan fingerprint density at radius 2 is 1.88 bits per heavy atom. The number of hydrogen-bond acceptors (Lipinski definition) is 3. The van der Waals surface area contributed by atoms with E-state index >= 15 is 0 Å². The maximum Gasteiger partial charge on any atom is 0.255 e. The molecule has 1 unspecified atom stereocenters. The number of benzene rings is 2. The molecule has 0 aliphatic carbocycles. The minimum atomic E-state index is -0.480. The van der Waals surface area contributed by atoms with Gasteiger partial charge in [-0.05, 0) is 24.1 Å². The van der Waals surface area contributed by atoms with Gasteiger partial charge >= 0.3 is 0 Å². The summed E-state index contributed by atoms with van der Waals surface area (Å²) in [7, 11) is 1.52. The molecule has 0 saturated carbocycles. The van der Waals surface area contributed by atoms with Crippen molar-refractivity contribution in [2.24, 2.45) is 0 Å². The summed E-state index contributed by atoms with van der Waals surface area (Å²) in [6, 6.07) is 16.4. The number of carbonyl (C=O) groups excluding carboxylic acids is 2. The number of carbonyl (C=O) groups is 2. The van der Waals surface area contributed by atoms with E-state index in [4.69, 9.17) is 4.74 Å². The van der Waals surface area contributed by atoms with Crippen LogP contribution >= 0.6 is 0 Å². The van der Waals surface area contributed by atoms with Gasteiger partial charge in [-0.1, -0.05) is 42.5 Å². The normalized spacial score (nSPS) is 17.0. The predicted octanol–water partition coefficient (Wildman–Crippen LogP) is 2.23. The number of rotatable bonds is 5. The van der Waals surface area contributed by atoms with E-state index in [0.717, 1.165) is 5.56 Å². The number of hydrogen-bond donors (Lipinski definition) is 1. The topological polar surface area (TPSA) is 58.6 Å². The zero-order valence-corrected chi connectivity index (χ0v) is 13.6. The molecule has 0 bridgehead atoms. The first kappa shape index (κ1) is 16.1. The van der Waals surface area contributed by atoms with Gasteiger partial charge in [-0.15, -0.1) is 0 Å². The molecule has 2 aromatic carbocycles. The highest BCUT2D eigenvalue weighted by Gasteiger charge is 2.33. The smallest absolute Gasteiger partial charge is 0.255 e. The summed E-state index contributed by atoms with van der Waals surface area (Å²) in [4.78, 5) is 26.7. The minimum absolute atomic E-state index is 0.0397. The van der Waals surface area contributed by atoms with Crippen molar-refractivity contribution >= 4 is 11.8 Å². The third-order valence-corrected chi connectivity index (χ3v) is 4.17. The van der Waals surface area contributed by atoms with E-state index in [1.807, 2.05) is 30.3 Å².